The summed E-state index contributed by atoms with van der Waals surface area (Å²) in [5, 5.41) is 0. The van der Waals surface area contributed by atoms with Crippen molar-refractivity contribution in [3.63, 3.8) is 0 Å². The van der Waals surface area contributed by atoms with E-state index in [2.05, 4.69) is 6.58 Å². The van der Waals surface area contributed by atoms with Gasteiger partial charge in [0.2, 0.25) is 0 Å². The summed E-state index contributed by atoms with van der Waals surface area (Å²) < 4.78 is 5.01. The molecule has 0 amide bonds. The second-order valence-corrected chi connectivity index (χ2v) is 3.04. The third kappa shape index (κ3) is 2.33. The van der Waals surface area contributed by atoms with Crippen LogP contribution < -0.4 is 5.73 Å². The fraction of sp³-hybridized carbons (Fsp3) is 0.273. The first kappa shape index (κ1) is 9.81. The zero-order chi connectivity index (χ0) is 9.84. The van der Waals surface area contributed by atoms with Crippen LogP contribution in [-0.4, -0.2) is 7.11 Å². The van der Waals surface area contributed by atoms with Crippen molar-refractivity contribution in [3.8, 4) is 0 Å². The van der Waals surface area contributed by atoms with Crippen LogP contribution in [0.1, 0.15) is 24.1 Å². The first-order valence-electron chi connectivity index (χ1n) is 4.24. The lowest BCUT2D eigenvalue weighted by Crippen LogP contribution is -2.04. The second-order valence-electron chi connectivity index (χ2n) is 3.04. The van der Waals surface area contributed by atoms with E-state index in [4.69, 9.17) is 10.5 Å². The van der Waals surface area contributed by atoms with Gasteiger partial charge in [0.15, 0.2) is 0 Å². The maximum absolute atomic E-state index is 5.72. The van der Waals surface area contributed by atoms with Gasteiger partial charge in [0, 0.05) is 11.6 Å². The highest BCUT2D eigenvalue weighted by atomic mass is 16.5. The Kier molecular flexibility index (Phi) is 3.09. The monoisotopic (exact) mass is 177 g/mol. The van der Waals surface area contributed by atoms with Gasteiger partial charge in [-0.05, 0) is 12.5 Å². The van der Waals surface area contributed by atoms with Gasteiger partial charge in [-0.1, -0.05) is 30.8 Å². The van der Waals surface area contributed by atoms with Gasteiger partial charge in [0.25, 0.3) is 0 Å². The van der Waals surface area contributed by atoms with Crippen molar-refractivity contribution in [2.45, 2.75) is 13.0 Å². The van der Waals surface area contributed by atoms with Crippen LogP contribution >= 0.6 is 0 Å². The number of rotatable bonds is 3. The Morgan fingerprint density at radius 3 is 2.31 bits per heavy atom. The molecule has 1 atom stereocenters. The van der Waals surface area contributed by atoms with E-state index < -0.39 is 0 Å². The average molecular weight is 177 g/mol. The lowest BCUT2D eigenvalue weighted by atomic mass is 10.1. The molecule has 0 unspecified atom stereocenters. The van der Waals surface area contributed by atoms with Crippen molar-refractivity contribution in [1.82, 2.24) is 0 Å². The summed E-state index contributed by atoms with van der Waals surface area (Å²) >= 11 is 0. The molecule has 2 nitrogen and oxygen atoms in total. The highest BCUT2D eigenvalue weighted by molar-refractivity contribution is 5.57. The number of methoxy groups -OCH3 is 1. The van der Waals surface area contributed by atoms with Crippen molar-refractivity contribution in [2.24, 2.45) is 5.73 Å². The fourth-order valence-corrected chi connectivity index (χ4v) is 1.09. The maximum atomic E-state index is 5.72. The number of hydrogen-bond acceptors (Lipinski definition) is 2. The molecule has 0 spiro atoms. The molecular formula is C11H15NO. The standard InChI is InChI=1S/C11H15NO/c1-8(12)10-4-6-11(7-5-10)9(2)13-3/h4-8H,2,12H2,1,3H3/t8-/m1/s1. The van der Waals surface area contributed by atoms with Gasteiger partial charge in [-0.3, -0.25) is 0 Å². The third-order valence-electron chi connectivity index (χ3n) is 2.00. The molecule has 0 saturated heterocycles. The molecule has 0 bridgehead atoms. The van der Waals surface area contributed by atoms with Crippen molar-refractivity contribution in [3.05, 3.63) is 42.0 Å². The molecule has 70 valence electrons. The topological polar surface area (TPSA) is 35.2 Å². The summed E-state index contributed by atoms with van der Waals surface area (Å²) in [5.74, 6) is 0.677. The van der Waals surface area contributed by atoms with Gasteiger partial charge in [-0.15, -0.1) is 0 Å². The minimum atomic E-state index is 0.0739. The number of benzene rings is 1. The van der Waals surface area contributed by atoms with Crippen LogP contribution in [0.4, 0.5) is 0 Å². The van der Waals surface area contributed by atoms with Crippen LogP contribution in [0, 0.1) is 0 Å². The molecule has 0 aromatic heterocycles. The molecular weight excluding hydrogens is 162 g/mol. The van der Waals surface area contributed by atoms with E-state index >= 15 is 0 Å². The summed E-state index contributed by atoms with van der Waals surface area (Å²) in [6, 6.07) is 7.98. The zero-order valence-electron chi connectivity index (χ0n) is 8.08. The minimum absolute atomic E-state index is 0.0739. The van der Waals surface area contributed by atoms with Gasteiger partial charge in [-0.2, -0.15) is 0 Å². The summed E-state index contributed by atoms with van der Waals surface area (Å²) in [6.45, 7) is 5.72. The SMILES string of the molecule is C=C(OC)c1ccc([C@@H](C)N)cc1. The predicted molar refractivity (Wildman–Crippen MR) is 55.1 cm³/mol. The van der Waals surface area contributed by atoms with Crippen LogP contribution in [0.5, 0.6) is 0 Å². The molecule has 1 rings (SSSR count). The van der Waals surface area contributed by atoms with E-state index in [0.717, 1.165) is 11.1 Å². The largest absolute Gasteiger partial charge is 0.497 e. The van der Waals surface area contributed by atoms with Gasteiger partial charge >= 0.3 is 0 Å². The Hall–Kier alpha value is -1.28. The van der Waals surface area contributed by atoms with Crippen LogP contribution in [0.2, 0.25) is 0 Å². The summed E-state index contributed by atoms with van der Waals surface area (Å²) in [7, 11) is 1.61. The van der Waals surface area contributed by atoms with E-state index in [1.165, 1.54) is 0 Å². The Bertz CT molecular complexity index is 287. The van der Waals surface area contributed by atoms with Gasteiger partial charge in [0.05, 0.1) is 7.11 Å². The Morgan fingerprint density at radius 2 is 1.92 bits per heavy atom. The highest BCUT2D eigenvalue weighted by Gasteiger charge is 2.00. The van der Waals surface area contributed by atoms with Crippen LogP contribution in [0.15, 0.2) is 30.8 Å². The predicted octanol–water partition coefficient (Wildman–Crippen LogP) is 2.32. The molecule has 0 aliphatic carbocycles. The minimum Gasteiger partial charge on any atom is -0.497 e. The van der Waals surface area contributed by atoms with Crippen molar-refractivity contribution in [2.75, 3.05) is 7.11 Å². The fourth-order valence-electron chi connectivity index (χ4n) is 1.09. The second kappa shape index (κ2) is 4.10. The maximum Gasteiger partial charge on any atom is 0.118 e. The van der Waals surface area contributed by atoms with Crippen molar-refractivity contribution < 1.29 is 4.74 Å². The van der Waals surface area contributed by atoms with E-state index in [1.807, 2.05) is 31.2 Å². The quantitative estimate of drug-likeness (QED) is 0.719. The van der Waals surface area contributed by atoms with Crippen molar-refractivity contribution >= 4 is 5.76 Å². The van der Waals surface area contributed by atoms with E-state index in [1.54, 1.807) is 7.11 Å². The molecule has 13 heavy (non-hydrogen) atoms. The molecule has 0 saturated carbocycles. The van der Waals surface area contributed by atoms with E-state index in [0.29, 0.717) is 5.76 Å². The lowest BCUT2D eigenvalue weighted by Gasteiger charge is -2.07. The van der Waals surface area contributed by atoms with Gasteiger partial charge in [-0.25, -0.2) is 0 Å². The Balaban J connectivity index is 2.87. The summed E-state index contributed by atoms with van der Waals surface area (Å²) in [4.78, 5) is 0. The Morgan fingerprint density at radius 1 is 1.38 bits per heavy atom. The van der Waals surface area contributed by atoms with E-state index in [9.17, 15) is 0 Å². The molecule has 0 aliphatic rings. The smallest absolute Gasteiger partial charge is 0.118 e. The van der Waals surface area contributed by atoms with Gasteiger partial charge < -0.3 is 10.5 Å². The molecule has 0 fully saturated rings. The number of hydrogen-bond donors (Lipinski definition) is 1. The average Bonchev–Trinajstić information content (AvgIpc) is 2.17. The van der Waals surface area contributed by atoms with Gasteiger partial charge in [0.1, 0.15) is 5.76 Å². The first-order chi connectivity index (χ1) is 6.15. The van der Waals surface area contributed by atoms with Crippen molar-refractivity contribution in [1.29, 1.82) is 0 Å². The molecule has 1 aromatic carbocycles. The molecule has 0 heterocycles. The normalized spacial score (nSPS) is 12.2. The molecule has 2 heteroatoms. The van der Waals surface area contributed by atoms with Crippen LogP contribution in [0.3, 0.4) is 0 Å². The number of ether oxygens (including phenoxy) is 1. The molecule has 2 N–H and O–H groups in total. The highest BCUT2D eigenvalue weighted by Crippen LogP contribution is 2.16. The van der Waals surface area contributed by atoms with E-state index in [-0.39, 0.29) is 6.04 Å². The van der Waals surface area contributed by atoms with Crippen LogP contribution in [-0.2, 0) is 4.74 Å². The number of nitrogens with two attached hydrogens (primary N) is 1. The Labute approximate surface area is 79.0 Å². The summed E-state index contributed by atoms with van der Waals surface area (Å²) in [5.41, 5.74) is 7.83. The lowest BCUT2D eigenvalue weighted by molar-refractivity contribution is 0.371. The molecule has 1 aromatic rings. The summed E-state index contributed by atoms with van der Waals surface area (Å²) in [6.07, 6.45) is 0. The third-order valence-corrected chi connectivity index (χ3v) is 2.00. The molecule has 0 radical (unpaired) electrons. The molecule has 0 aliphatic heterocycles. The zero-order valence-corrected chi connectivity index (χ0v) is 8.08. The van der Waals surface area contributed by atoms with Crippen LogP contribution in [0.25, 0.3) is 5.76 Å². The first-order valence-corrected chi connectivity index (χ1v) is 4.24.